The molecule has 318 valence electrons. The number of carbonyl (C=O) groups is 5. The van der Waals surface area contributed by atoms with Crippen molar-refractivity contribution in [3.8, 4) is 0 Å². The van der Waals surface area contributed by atoms with Crippen molar-refractivity contribution in [1.82, 2.24) is 10.6 Å². The van der Waals surface area contributed by atoms with E-state index in [1.807, 2.05) is 6.07 Å². The van der Waals surface area contributed by atoms with Crippen molar-refractivity contribution in [1.29, 1.82) is 0 Å². The van der Waals surface area contributed by atoms with Crippen LogP contribution in [0.2, 0.25) is 0 Å². The van der Waals surface area contributed by atoms with Crippen molar-refractivity contribution >= 4 is 99.3 Å². The van der Waals surface area contributed by atoms with Gasteiger partial charge >= 0.3 is 17.9 Å². The summed E-state index contributed by atoms with van der Waals surface area (Å²) in [5.41, 5.74) is 1.32. The molecular weight excluding hydrogens is 897 g/mol. The number of halogens is 6. The Morgan fingerprint density at radius 3 is 1.79 bits per heavy atom. The third-order valence-corrected chi connectivity index (χ3v) is 9.80. The van der Waals surface area contributed by atoms with Gasteiger partial charge in [0, 0.05) is 26.3 Å². The summed E-state index contributed by atoms with van der Waals surface area (Å²) in [6.07, 6.45) is -12.4. The molecule has 3 fully saturated rings. The van der Waals surface area contributed by atoms with Gasteiger partial charge in [-0.3, -0.25) is 24.0 Å². The monoisotopic (exact) mass is 932 g/mol. The lowest BCUT2D eigenvalue weighted by atomic mass is 9.93. The third kappa shape index (κ3) is 12.4. The first kappa shape index (κ1) is 46.4. The zero-order valence-electron chi connectivity index (χ0n) is 30.7. The molecule has 3 aliphatic heterocycles. The Balaban J connectivity index is 1.63. The molecule has 0 spiro atoms. The summed E-state index contributed by atoms with van der Waals surface area (Å²) in [4.78, 5) is 63.8. The molecule has 58 heavy (non-hydrogen) atoms. The minimum absolute atomic E-state index is 0.0466. The normalized spacial score (nSPS) is 29.9. The maximum Gasteiger partial charge on any atom is 0.303 e. The van der Waals surface area contributed by atoms with Crippen molar-refractivity contribution in [2.75, 3.05) is 13.2 Å². The lowest BCUT2D eigenvalue weighted by molar-refractivity contribution is -0.372. The van der Waals surface area contributed by atoms with Gasteiger partial charge in [0.25, 0.3) is 19.4 Å². The summed E-state index contributed by atoms with van der Waals surface area (Å²) in [5, 5.41) is 5.07. The van der Waals surface area contributed by atoms with Crippen LogP contribution in [0.3, 0.4) is 0 Å². The Morgan fingerprint density at radius 2 is 1.24 bits per heavy atom. The third-order valence-electron chi connectivity index (χ3n) is 8.77. The molecule has 3 heterocycles. The van der Waals surface area contributed by atoms with Gasteiger partial charge in [0.2, 0.25) is 0 Å². The predicted octanol–water partition coefficient (Wildman–Crippen LogP) is 4.29. The molecule has 5 rings (SSSR count). The second-order valence-electron chi connectivity index (χ2n) is 13.1. The zero-order chi connectivity index (χ0) is 42.4. The molecule has 0 bridgehead atoms. The molecule has 22 heteroatoms. The highest BCUT2D eigenvalue weighted by Crippen LogP contribution is 2.39. The van der Waals surface area contributed by atoms with Gasteiger partial charge in [0.05, 0.1) is 13.2 Å². The molecule has 11 atom stereocenters. The lowest BCUT2D eigenvalue weighted by Crippen LogP contribution is -2.72. The molecule has 0 saturated carbocycles. The number of hydrogen-bond acceptors (Lipinski definition) is 14. The van der Waals surface area contributed by atoms with Crippen molar-refractivity contribution in [2.45, 2.75) is 103 Å². The molecule has 3 saturated heterocycles. The standard InChI is InChI=1S/C36H38Cl6N2O14/c1-17(45)50-15-22-26(53-18(2)46)28(54-19(3)47)25(44-34(49)36(40,41)42)32(56-22)58-29-24(43-33(48)35(37,38)39)31(51-14-20-10-6-4-7-11-20)55-23-16-52-30(57-27(23)29)21-12-8-5-9-13-21/h4-13,22-32H,14-16H2,1-3H3,(H,43,48)(H,44,49)/t22-,23-,24-,25-,26-,27-,28-,29-,30-,31-,32+/m1/s1. The number of fused-ring (bicyclic) bond motifs is 1. The van der Waals surface area contributed by atoms with Crippen LogP contribution >= 0.6 is 69.6 Å². The first-order valence-electron chi connectivity index (χ1n) is 17.5. The predicted molar refractivity (Wildman–Crippen MR) is 206 cm³/mol. The summed E-state index contributed by atoms with van der Waals surface area (Å²) in [6.45, 7) is 2.50. The molecule has 16 nitrogen and oxygen atoms in total. The minimum atomic E-state index is -2.59. The van der Waals surface area contributed by atoms with Crippen LogP contribution in [0.4, 0.5) is 0 Å². The highest BCUT2D eigenvalue weighted by molar-refractivity contribution is 6.76. The first-order valence-corrected chi connectivity index (χ1v) is 19.8. The second kappa shape index (κ2) is 20.2. The number of alkyl halides is 6. The smallest absolute Gasteiger partial charge is 0.303 e. The minimum Gasteiger partial charge on any atom is -0.463 e. The van der Waals surface area contributed by atoms with Gasteiger partial charge in [-0.15, -0.1) is 0 Å². The van der Waals surface area contributed by atoms with Crippen molar-refractivity contribution < 1.29 is 66.6 Å². The number of esters is 3. The SMILES string of the molecule is CC(=O)OC[C@H]1O[C@@H](O[C@@H]2[C@@H](NC(=O)C(Cl)(Cl)Cl)[C@H](OCc3ccccc3)O[C@@H]3CO[C@@H](c4ccccc4)O[C@@H]23)[C@H](NC(=O)C(Cl)(Cl)Cl)[C@@H](OC(C)=O)[C@@H]1OC(C)=O. The number of amides is 2. The van der Waals surface area contributed by atoms with E-state index in [-0.39, 0.29) is 13.2 Å². The highest BCUT2D eigenvalue weighted by Gasteiger charge is 2.58. The molecular formula is C36H38Cl6N2O14. The van der Waals surface area contributed by atoms with E-state index < -0.39 is 111 Å². The van der Waals surface area contributed by atoms with E-state index in [1.54, 1.807) is 54.6 Å². The number of nitrogens with one attached hydrogen (secondary N) is 2. The summed E-state index contributed by atoms with van der Waals surface area (Å²) < 4.78 is 49.4. The quantitative estimate of drug-likeness (QED) is 0.174. The van der Waals surface area contributed by atoms with Gasteiger partial charge < -0.3 is 53.3 Å². The molecule has 0 unspecified atom stereocenters. The van der Waals surface area contributed by atoms with Crippen LogP contribution in [0.5, 0.6) is 0 Å². The maximum absolute atomic E-state index is 13.5. The zero-order valence-corrected chi connectivity index (χ0v) is 35.3. The van der Waals surface area contributed by atoms with Crippen LogP contribution in [0.25, 0.3) is 0 Å². The fourth-order valence-electron chi connectivity index (χ4n) is 6.35. The maximum atomic E-state index is 13.5. The molecule has 3 aliphatic rings. The topological polar surface area (TPSA) is 192 Å². The van der Waals surface area contributed by atoms with Crippen molar-refractivity contribution in [3.05, 3.63) is 71.8 Å². The van der Waals surface area contributed by atoms with Gasteiger partial charge in [-0.1, -0.05) is 130 Å². The summed E-state index contributed by atoms with van der Waals surface area (Å²) >= 11 is 36.0. The Labute approximate surface area is 362 Å². The highest BCUT2D eigenvalue weighted by atomic mass is 35.6. The van der Waals surface area contributed by atoms with E-state index in [9.17, 15) is 24.0 Å². The van der Waals surface area contributed by atoms with E-state index in [4.69, 9.17) is 112 Å². The van der Waals surface area contributed by atoms with Crippen LogP contribution < -0.4 is 10.6 Å². The van der Waals surface area contributed by atoms with E-state index in [1.165, 1.54) is 0 Å². The summed E-state index contributed by atoms with van der Waals surface area (Å²) in [7, 11) is 0. The Kier molecular flexibility index (Phi) is 16.2. The molecule has 2 N–H and O–H groups in total. The largest absolute Gasteiger partial charge is 0.463 e. The van der Waals surface area contributed by atoms with Crippen LogP contribution in [-0.2, 0) is 73.2 Å². The average Bonchev–Trinajstić information content (AvgIpc) is 3.15. The van der Waals surface area contributed by atoms with Gasteiger partial charge in [-0.2, -0.15) is 0 Å². The first-order chi connectivity index (χ1) is 27.3. The van der Waals surface area contributed by atoms with Gasteiger partial charge in [0.15, 0.2) is 31.1 Å². The van der Waals surface area contributed by atoms with Crippen LogP contribution in [0, 0.1) is 0 Å². The van der Waals surface area contributed by atoms with Gasteiger partial charge in [-0.25, -0.2) is 0 Å². The average molecular weight is 935 g/mol. The fraction of sp³-hybridized carbons (Fsp3) is 0.528. The van der Waals surface area contributed by atoms with Gasteiger partial charge in [0.1, 0.15) is 43.1 Å². The van der Waals surface area contributed by atoms with Gasteiger partial charge in [-0.05, 0) is 5.56 Å². The molecule has 0 aromatic heterocycles. The second-order valence-corrected chi connectivity index (χ2v) is 17.7. The molecule has 0 radical (unpaired) electrons. The van der Waals surface area contributed by atoms with E-state index >= 15 is 0 Å². The Morgan fingerprint density at radius 1 is 0.690 bits per heavy atom. The van der Waals surface area contributed by atoms with Crippen molar-refractivity contribution in [3.63, 3.8) is 0 Å². The van der Waals surface area contributed by atoms with Crippen LogP contribution in [0.15, 0.2) is 60.7 Å². The van der Waals surface area contributed by atoms with Crippen LogP contribution in [-0.4, -0.2) is 112 Å². The molecule has 2 aromatic carbocycles. The Bertz CT molecular complexity index is 1750. The molecule has 2 aromatic rings. The van der Waals surface area contributed by atoms with E-state index in [2.05, 4.69) is 10.6 Å². The number of benzene rings is 2. The fourth-order valence-corrected chi connectivity index (χ4v) is 6.68. The van der Waals surface area contributed by atoms with E-state index in [0.29, 0.717) is 5.56 Å². The summed E-state index contributed by atoms with van der Waals surface area (Å²) in [6, 6.07) is 14.7. The number of ether oxygens (including phenoxy) is 9. The summed E-state index contributed by atoms with van der Waals surface area (Å²) in [5.74, 6) is -4.88. The lowest BCUT2D eigenvalue weighted by Gasteiger charge is -2.52. The van der Waals surface area contributed by atoms with Crippen molar-refractivity contribution in [2.24, 2.45) is 0 Å². The van der Waals surface area contributed by atoms with E-state index in [0.717, 1.165) is 26.3 Å². The van der Waals surface area contributed by atoms with Crippen LogP contribution in [0.1, 0.15) is 38.2 Å². The Hall–Kier alpha value is -2.71. The number of hydrogen-bond donors (Lipinski definition) is 2. The molecule has 0 aliphatic carbocycles. The molecule has 2 amide bonds. The number of rotatable bonds is 12. The number of carbonyl (C=O) groups excluding carboxylic acids is 5.